The van der Waals surface area contributed by atoms with Crippen LogP contribution >= 0.6 is 23.5 Å². The Bertz CT molecular complexity index is 459. The molecule has 0 bridgehead atoms. The largest absolute Gasteiger partial charge is 0.241 e. The maximum atomic E-state index is 6.02. The molecule has 3 heteroatoms. The molecule has 0 aromatic heterocycles. The maximum absolute atomic E-state index is 6.02. The first-order valence-corrected chi connectivity index (χ1v) is 8.26. The quantitative estimate of drug-likeness (QED) is 0.680. The maximum Gasteiger partial charge on any atom is 0.0521 e. The molecule has 0 amide bonds. The highest BCUT2D eigenvalue weighted by Crippen LogP contribution is 2.63. The van der Waals surface area contributed by atoms with Crippen molar-refractivity contribution in [1.82, 2.24) is 4.31 Å². The van der Waals surface area contributed by atoms with Crippen LogP contribution in [0.2, 0.25) is 5.02 Å². The molecular formula is C16H22ClNS. The Morgan fingerprint density at radius 2 is 1.84 bits per heavy atom. The fraction of sp³-hybridized carbons (Fsp3) is 0.625. The molecule has 3 rings (SSSR count). The fourth-order valence-corrected chi connectivity index (χ4v) is 4.95. The summed E-state index contributed by atoms with van der Waals surface area (Å²) >= 11 is 8.02. The first kappa shape index (κ1) is 13.8. The summed E-state index contributed by atoms with van der Waals surface area (Å²) in [5.41, 5.74) is 2.00. The molecule has 1 nitrogen and oxygen atoms in total. The third-order valence-electron chi connectivity index (χ3n) is 4.26. The lowest BCUT2D eigenvalue weighted by molar-refractivity contribution is -0.0726. The van der Waals surface area contributed by atoms with Crippen molar-refractivity contribution < 1.29 is 0 Å². The van der Waals surface area contributed by atoms with Crippen molar-refractivity contribution >= 4 is 23.5 Å². The first-order valence-electron chi connectivity index (χ1n) is 7.11. The lowest BCUT2D eigenvalue weighted by atomic mass is 9.58. The number of hydrogen-bond acceptors (Lipinski definition) is 2. The Morgan fingerprint density at radius 3 is 2.32 bits per heavy atom. The van der Waals surface area contributed by atoms with Gasteiger partial charge in [-0.1, -0.05) is 42.1 Å². The molecule has 1 unspecified atom stereocenters. The number of halogens is 1. The van der Waals surface area contributed by atoms with Crippen LogP contribution in [0.1, 0.15) is 51.6 Å². The Hall–Kier alpha value is -0.180. The highest BCUT2D eigenvalue weighted by atomic mass is 35.5. The average Bonchev–Trinajstić information content (AvgIpc) is 2.23. The summed E-state index contributed by atoms with van der Waals surface area (Å²) in [6.45, 7) is 8.13. The molecule has 1 aliphatic heterocycles. The van der Waals surface area contributed by atoms with Crippen molar-refractivity contribution in [2.24, 2.45) is 5.41 Å². The molecule has 1 aliphatic carbocycles. The van der Waals surface area contributed by atoms with E-state index >= 15 is 0 Å². The summed E-state index contributed by atoms with van der Waals surface area (Å²) in [5, 5.41) is 0.834. The van der Waals surface area contributed by atoms with Gasteiger partial charge in [0.2, 0.25) is 0 Å². The molecule has 0 radical (unpaired) electrons. The predicted molar refractivity (Wildman–Crippen MR) is 84.5 cm³/mol. The standard InChI is InChI=1S/C16H22ClNS/c1-15(2,3)19-18-11-16(9-4-10-16)14(18)12-5-7-13(17)8-6-12/h5-8,14H,4,9-11H2,1-3H3. The minimum absolute atomic E-state index is 0.288. The van der Waals surface area contributed by atoms with E-state index < -0.39 is 0 Å². The molecule has 0 N–H and O–H groups in total. The summed E-state index contributed by atoms with van der Waals surface area (Å²) in [5.74, 6) is 0. The highest BCUT2D eigenvalue weighted by molar-refractivity contribution is 7.98. The second-order valence-corrected chi connectivity index (χ2v) is 9.26. The van der Waals surface area contributed by atoms with Gasteiger partial charge in [0.25, 0.3) is 0 Å². The van der Waals surface area contributed by atoms with Crippen molar-refractivity contribution in [2.45, 2.75) is 50.8 Å². The number of rotatable bonds is 2. The van der Waals surface area contributed by atoms with Crippen molar-refractivity contribution in [3.8, 4) is 0 Å². The Labute approximate surface area is 125 Å². The van der Waals surface area contributed by atoms with Crippen LogP contribution in [0, 0.1) is 5.41 Å². The van der Waals surface area contributed by atoms with Gasteiger partial charge in [-0.05, 0) is 51.3 Å². The Kier molecular flexibility index (Phi) is 3.40. The van der Waals surface area contributed by atoms with E-state index in [1.807, 2.05) is 24.1 Å². The van der Waals surface area contributed by atoms with Crippen molar-refractivity contribution in [2.75, 3.05) is 6.54 Å². The number of hydrogen-bond donors (Lipinski definition) is 0. The molecular weight excluding hydrogens is 274 g/mol. The average molecular weight is 296 g/mol. The van der Waals surface area contributed by atoms with Crippen molar-refractivity contribution in [1.29, 1.82) is 0 Å². The van der Waals surface area contributed by atoms with Gasteiger partial charge in [0.05, 0.1) is 6.04 Å². The predicted octanol–water partition coefficient (Wildman–Crippen LogP) is 5.31. The van der Waals surface area contributed by atoms with Gasteiger partial charge in [-0.3, -0.25) is 0 Å². The Morgan fingerprint density at radius 1 is 1.21 bits per heavy atom. The topological polar surface area (TPSA) is 3.24 Å². The zero-order chi connectivity index (χ0) is 13.7. The van der Waals surface area contributed by atoms with Crippen LogP contribution in [-0.4, -0.2) is 15.6 Å². The Balaban J connectivity index is 1.83. The van der Waals surface area contributed by atoms with E-state index in [4.69, 9.17) is 11.6 Å². The van der Waals surface area contributed by atoms with Gasteiger partial charge in [0, 0.05) is 21.7 Å². The second-order valence-electron chi connectivity index (χ2n) is 6.95. The van der Waals surface area contributed by atoms with E-state index in [-0.39, 0.29) is 4.75 Å². The minimum atomic E-state index is 0.288. The molecule has 1 spiro atoms. The zero-order valence-electron chi connectivity index (χ0n) is 11.9. The van der Waals surface area contributed by atoms with Crippen LogP contribution in [0.3, 0.4) is 0 Å². The lowest BCUT2D eigenvalue weighted by Gasteiger charge is -2.63. The van der Waals surface area contributed by atoms with Crippen molar-refractivity contribution in [3.63, 3.8) is 0 Å². The number of benzene rings is 1. The molecule has 1 aromatic rings. The molecule has 19 heavy (non-hydrogen) atoms. The fourth-order valence-electron chi connectivity index (χ4n) is 3.35. The minimum Gasteiger partial charge on any atom is -0.241 e. The van der Waals surface area contributed by atoms with E-state index in [2.05, 4.69) is 37.2 Å². The monoisotopic (exact) mass is 295 g/mol. The zero-order valence-corrected chi connectivity index (χ0v) is 13.5. The van der Waals surface area contributed by atoms with Gasteiger partial charge in [-0.2, -0.15) is 0 Å². The first-order chi connectivity index (χ1) is 8.90. The van der Waals surface area contributed by atoms with Crippen LogP contribution in [0.4, 0.5) is 0 Å². The summed E-state index contributed by atoms with van der Waals surface area (Å²) in [4.78, 5) is 0. The normalized spacial score (nSPS) is 26.0. The number of nitrogens with zero attached hydrogens (tertiary/aromatic N) is 1. The third kappa shape index (κ3) is 2.55. The van der Waals surface area contributed by atoms with E-state index in [1.165, 1.54) is 31.4 Å². The SMILES string of the molecule is CC(C)(C)SN1CC2(CCC2)C1c1ccc(Cl)cc1. The van der Waals surface area contributed by atoms with Crippen LogP contribution in [-0.2, 0) is 0 Å². The smallest absolute Gasteiger partial charge is 0.0521 e. The third-order valence-corrected chi connectivity index (χ3v) is 5.64. The van der Waals surface area contributed by atoms with Gasteiger partial charge in [0.1, 0.15) is 0 Å². The summed E-state index contributed by atoms with van der Waals surface area (Å²) in [6, 6.07) is 9.07. The molecule has 1 heterocycles. The molecule has 104 valence electrons. The van der Waals surface area contributed by atoms with Gasteiger partial charge in [-0.15, -0.1) is 0 Å². The van der Waals surface area contributed by atoms with Crippen LogP contribution in [0.5, 0.6) is 0 Å². The summed E-state index contributed by atoms with van der Waals surface area (Å²) in [6.07, 6.45) is 4.18. The highest BCUT2D eigenvalue weighted by Gasteiger charge is 2.57. The molecule has 1 atom stereocenters. The van der Waals surface area contributed by atoms with E-state index in [0.717, 1.165) is 5.02 Å². The summed E-state index contributed by atoms with van der Waals surface area (Å²) < 4.78 is 2.87. The van der Waals surface area contributed by atoms with Crippen LogP contribution in [0.25, 0.3) is 0 Å². The van der Waals surface area contributed by atoms with Gasteiger partial charge in [0.15, 0.2) is 0 Å². The summed E-state index contributed by atoms with van der Waals surface area (Å²) in [7, 11) is 0. The molecule has 1 aromatic carbocycles. The van der Waals surface area contributed by atoms with Gasteiger partial charge >= 0.3 is 0 Å². The van der Waals surface area contributed by atoms with Gasteiger partial charge in [-0.25, -0.2) is 4.31 Å². The van der Waals surface area contributed by atoms with E-state index in [1.54, 1.807) is 0 Å². The van der Waals surface area contributed by atoms with E-state index in [9.17, 15) is 0 Å². The van der Waals surface area contributed by atoms with Crippen molar-refractivity contribution in [3.05, 3.63) is 34.9 Å². The lowest BCUT2D eigenvalue weighted by Crippen LogP contribution is -2.59. The van der Waals surface area contributed by atoms with E-state index in [0.29, 0.717) is 11.5 Å². The second kappa shape index (κ2) is 4.68. The van der Waals surface area contributed by atoms with Crippen LogP contribution in [0.15, 0.2) is 24.3 Å². The molecule has 1 saturated carbocycles. The van der Waals surface area contributed by atoms with Crippen LogP contribution < -0.4 is 0 Å². The molecule has 2 fully saturated rings. The molecule has 1 saturated heterocycles. The van der Waals surface area contributed by atoms with Gasteiger partial charge < -0.3 is 0 Å². The molecule has 2 aliphatic rings.